The van der Waals surface area contributed by atoms with Gasteiger partial charge in [-0.3, -0.25) is 0 Å². The Balaban J connectivity index is 0. The maximum atomic E-state index is 7.99. The fraction of sp³-hybridized carbons (Fsp3) is 1.00. The largest absolute Gasteiger partial charge is 0.396 e. The molecule has 0 heterocycles. The second-order valence-electron chi connectivity index (χ2n) is 0.866. The molecule has 0 aromatic carbocycles. The average Bonchev–Trinajstić information content (AvgIpc) is 1.41. The Morgan fingerprint density at radius 3 is 2.00 bits per heavy atom. The highest BCUT2D eigenvalue weighted by Crippen LogP contribution is 1.62. The molecule has 0 aliphatic carbocycles. The van der Waals surface area contributed by atoms with E-state index in [-0.39, 0.29) is 19.0 Å². The lowest BCUT2D eigenvalue weighted by Crippen LogP contribution is -1.99. The molecule has 0 spiro atoms. The predicted molar refractivity (Wildman–Crippen MR) is 28.0 cm³/mol. The van der Waals surface area contributed by atoms with E-state index in [1.165, 1.54) is 0 Å². The third kappa shape index (κ3) is 8.88. The average molecular weight is 112 g/mol. The van der Waals surface area contributed by atoms with Crippen LogP contribution in [-0.4, -0.2) is 18.3 Å². The highest BCUT2D eigenvalue weighted by atomic mass is 35.5. The highest BCUT2D eigenvalue weighted by molar-refractivity contribution is 5.85. The minimum absolute atomic E-state index is 0. The predicted octanol–water partition coefficient (Wildman–Crippen LogP) is -0.251. The van der Waals surface area contributed by atoms with Gasteiger partial charge in [-0.2, -0.15) is 0 Å². The van der Waals surface area contributed by atoms with Gasteiger partial charge < -0.3 is 10.8 Å². The van der Waals surface area contributed by atoms with Crippen molar-refractivity contribution in [1.29, 1.82) is 0 Å². The summed E-state index contributed by atoms with van der Waals surface area (Å²) in [6.07, 6.45) is 0.722. The molecular formula is C3H10ClNO. The van der Waals surface area contributed by atoms with Gasteiger partial charge in [-0.05, 0) is 13.0 Å². The molecule has 40 valence electrons. The van der Waals surface area contributed by atoms with Gasteiger partial charge in [0, 0.05) is 6.61 Å². The van der Waals surface area contributed by atoms with Crippen molar-refractivity contribution < 1.29 is 5.11 Å². The summed E-state index contributed by atoms with van der Waals surface area (Å²) < 4.78 is 0. The Hall–Kier alpha value is 0.210. The first-order valence-corrected chi connectivity index (χ1v) is 1.72. The first kappa shape index (κ1) is 9.51. The van der Waals surface area contributed by atoms with E-state index in [9.17, 15) is 0 Å². The quantitative estimate of drug-likeness (QED) is 0.516. The molecule has 0 saturated carbocycles. The summed E-state index contributed by atoms with van der Waals surface area (Å²) in [6.45, 7) is 0.812. The van der Waals surface area contributed by atoms with Crippen LogP contribution in [0.2, 0.25) is 0 Å². The van der Waals surface area contributed by atoms with Gasteiger partial charge in [0.05, 0.1) is 0 Å². The topological polar surface area (TPSA) is 46.2 Å². The number of aliphatic hydroxyl groups excluding tert-OH is 1. The Morgan fingerprint density at radius 2 is 2.00 bits per heavy atom. The van der Waals surface area contributed by atoms with Gasteiger partial charge in [-0.25, -0.2) is 0 Å². The van der Waals surface area contributed by atoms with Crippen molar-refractivity contribution in [3.63, 3.8) is 0 Å². The first-order valence-electron chi connectivity index (χ1n) is 1.72. The molecule has 2 nitrogen and oxygen atoms in total. The minimum Gasteiger partial charge on any atom is -0.396 e. The molecule has 0 bridgehead atoms. The maximum absolute atomic E-state index is 7.99. The zero-order valence-electron chi connectivity index (χ0n) is 3.55. The van der Waals surface area contributed by atoms with E-state index in [4.69, 9.17) is 10.8 Å². The zero-order valence-corrected chi connectivity index (χ0v) is 4.37. The maximum Gasteiger partial charge on any atom is 0.0443 e. The second kappa shape index (κ2) is 8.96. The molecule has 0 unspecified atom stereocenters. The summed E-state index contributed by atoms with van der Waals surface area (Å²) in [7, 11) is 0. The SMILES string of the molecule is Cl.NCCCO. The van der Waals surface area contributed by atoms with Crippen molar-refractivity contribution in [3.8, 4) is 0 Å². The van der Waals surface area contributed by atoms with E-state index >= 15 is 0 Å². The van der Waals surface area contributed by atoms with Crippen LogP contribution in [0.15, 0.2) is 0 Å². The standard InChI is InChI=1S/C3H9NO.ClH/c4-2-1-3-5;/h5H,1-4H2;1H. The molecule has 0 aliphatic rings. The van der Waals surface area contributed by atoms with E-state index in [1.807, 2.05) is 0 Å². The van der Waals surface area contributed by atoms with Crippen LogP contribution in [0.1, 0.15) is 6.42 Å². The monoisotopic (exact) mass is 111 g/mol. The molecule has 0 amide bonds. The third-order valence-corrected chi connectivity index (χ3v) is 0.362. The summed E-state index contributed by atoms with van der Waals surface area (Å²) in [5, 5.41) is 7.99. The number of nitrogens with two attached hydrogens (primary N) is 1. The number of hydrogen-bond acceptors (Lipinski definition) is 2. The lowest BCUT2D eigenvalue weighted by molar-refractivity contribution is 0.291. The summed E-state index contributed by atoms with van der Waals surface area (Å²) in [6, 6.07) is 0. The van der Waals surface area contributed by atoms with Gasteiger partial charge in [0.15, 0.2) is 0 Å². The van der Waals surface area contributed by atoms with Gasteiger partial charge in [0.1, 0.15) is 0 Å². The molecule has 0 atom stereocenters. The van der Waals surface area contributed by atoms with E-state index in [0.29, 0.717) is 6.54 Å². The first-order chi connectivity index (χ1) is 2.41. The van der Waals surface area contributed by atoms with Crippen molar-refractivity contribution in [3.05, 3.63) is 0 Å². The van der Waals surface area contributed by atoms with Crippen LogP contribution in [0, 0.1) is 0 Å². The number of rotatable bonds is 2. The molecule has 0 saturated heterocycles. The van der Waals surface area contributed by atoms with Crippen molar-refractivity contribution in [1.82, 2.24) is 0 Å². The summed E-state index contributed by atoms with van der Waals surface area (Å²) >= 11 is 0. The smallest absolute Gasteiger partial charge is 0.0443 e. The Kier molecular flexibility index (Phi) is 14.2. The van der Waals surface area contributed by atoms with Crippen molar-refractivity contribution in [2.45, 2.75) is 6.42 Å². The molecule has 0 aliphatic heterocycles. The summed E-state index contributed by atoms with van der Waals surface area (Å²) in [5.41, 5.74) is 4.98. The Morgan fingerprint density at radius 1 is 1.50 bits per heavy atom. The van der Waals surface area contributed by atoms with Gasteiger partial charge in [-0.1, -0.05) is 0 Å². The lowest BCUT2D eigenvalue weighted by atomic mass is 10.5. The van der Waals surface area contributed by atoms with Crippen LogP contribution in [-0.2, 0) is 0 Å². The Labute approximate surface area is 43.8 Å². The molecular weight excluding hydrogens is 101 g/mol. The van der Waals surface area contributed by atoms with E-state index in [1.54, 1.807) is 0 Å². The zero-order chi connectivity index (χ0) is 4.12. The van der Waals surface area contributed by atoms with Crippen LogP contribution in [0.4, 0.5) is 0 Å². The highest BCUT2D eigenvalue weighted by Gasteiger charge is 1.69. The van der Waals surface area contributed by atoms with E-state index in [0.717, 1.165) is 6.42 Å². The Bertz CT molecular complexity index is 18.3. The molecule has 0 fully saturated rings. The van der Waals surface area contributed by atoms with Crippen LogP contribution in [0.25, 0.3) is 0 Å². The molecule has 0 aromatic rings. The van der Waals surface area contributed by atoms with Crippen molar-refractivity contribution in [2.75, 3.05) is 13.2 Å². The number of aliphatic hydroxyl groups is 1. The molecule has 3 heteroatoms. The minimum atomic E-state index is 0. The normalized spacial score (nSPS) is 7.00. The molecule has 0 aromatic heterocycles. The van der Waals surface area contributed by atoms with Gasteiger partial charge in [0.25, 0.3) is 0 Å². The fourth-order valence-corrected chi connectivity index (χ4v) is 0.0913. The molecule has 3 N–H and O–H groups in total. The van der Waals surface area contributed by atoms with Crippen molar-refractivity contribution >= 4 is 12.4 Å². The lowest BCUT2D eigenvalue weighted by Gasteiger charge is -1.80. The van der Waals surface area contributed by atoms with Crippen LogP contribution >= 0.6 is 12.4 Å². The third-order valence-electron chi connectivity index (χ3n) is 0.362. The van der Waals surface area contributed by atoms with E-state index < -0.39 is 0 Å². The van der Waals surface area contributed by atoms with Gasteiger partial charge in [-0.15, -0.1) is 12.4 Å². The van der Waals surface area contributed by atoms with Crippen LogP contribution in [0.3, 0.4) is 0 Å². The van der Waals surface area contributed by atoms with E-state index in [2.05, 4.69) is 0 Å². The van der Waals surface area contributed by atoms with Crippen molar-refractivity contribution in [2.24, 2.45) is 5.73 Å². The number of halogens is 1. The van der Waals surface area contributed by atoms with Gasteiger partial charge >= 0.3 is 0 Å². The molecule has 0 rings (SSSR count). The van der Waals surface area contributed by atoms with Gasteiger partial charge in [0.2, 0.25) is 0 Å². The molecule has 0 radical (unpaired) electrons. The van der Waals surface area contributed by atoms with Crippen LogP contribution < -0.4 is 5.73 Å². The van der Waals surface area contributed by atoms with Crippen LogP contribution in [0.5, 0.6) is 0 Å². The summed E-state index contributed by atoms with van der Waals surface area (Å²) in [4.78, 5) is 0. The molecule has 6 heavy (non-hydrogen) atoms. The second-order valence-corrected chi connectivity index (χ2v) is 0.866. The number of hydrogen-bond donors (Lipinski definition) is 2. The fourth-order valence-electron chi connectivity index (χ4n) is 0.0913. The summed E-state index contributed by atoms with van der Waals surface area (Å²) in [5.74, 6) is 0.